The van der Waals surface area contributed by atoms with Gasteiger partial charge in [-0.2, -0.15) is 0 Å². The predicted molar refractivity (Wildman–Crippen MR) is 91.9 cm³/mol. The van der Waals surface area contributed by atoms with Crippen LogP contribution in [-0.2, 0) is 6.54 Å². The van der Waals surface area contributed by atoms with Gasteiger partial charge in [-0.15, -0.1) is 0 Å². The molecule has 120 valence electrons. The number of anilines is 2. The quantitative estimate of drug-likeness (QED) is 0.756. The van der Waals surface area contributed by atoms with Gasteiger partial charge in [-0.3, -0.25) is 9.78 Å². The Morgan fingerprint density at radius 3 is 2.62 bits per heavy atom. The minimum atomic E-state index is -0.248. The van der Waals surface area contributed by atoms with E-state index in [1.807, 2.05) is 43.3 Å². The molecule has 0 unspecified atom stereocenters. The number of nitrogens with one attached hydrogen (secondary N) is 2. The van der Waals surface area contributed by atoms with Crippen molar-refractivity contribution in [3.05, 3.63) is 77.9 Å². The van der Waals surface area contributed by atoms with Crippen LogP contribution in [0.4, 0.5) is 11.6 Å². The van der Waals surface area contributed by atoms with Crippen LogP contribution >= 0.6 is 0 Å². The summed E-state index contributed by atoms with van der Waals surface area (Å²) < 4.78 is 0. The number of carbonyl (C=O) groups is 1. The highest BCUT2D eigenvalue weighted by atomic mass is 16.1. The zero-order valence-corrected chi connectivity index (χ0v) is 13.2. The fourth-order valence-electron chi connectivity index (χ4n) is 2.15. The van der Waals surface area contributed by atoms with E-state index in [-0.39, 0.29) is 5.91 Å². The Labute approximate surface area is 140 Å². The van der Waals surface area contributed by atoms with Gasteiger partial charge in [0.1, 0.15) is 5.69 Å². The molecule has 1 aromatic carbocycles. The van der Waals surface area contributed by atoms with Crippen LogP contribution < -0.4 is 10.6 Å². The second kappa shape index (κ2) is 7.32. The lowest BCUT2D eigenvalue weighted by atomic mass is 10.2. The van der Waals surface area contributed by atoms with Crippen molar-refractivity contribution in [1.29, 1.82) is 0 Å². The molecule has 2 N–H and O–H groups in total. The lowest BCUT2D eigenvalue weighted by molar-refractivity contribution is 0.0946. The molecule has 0 fully saturated rings. The molecule has 0 aliphatic heterocycles. The lowest BCUT2D eigenvalue weighted by Gasteiger charge is -2.09. The van der Waals surface area contributed by atoms with Crippen molar-refractivity contribution in [2.24, 2.45) is 0 Å². The smallest absolute Gasteiger partial charge is 0.270 e. The van der Waals surface area contributed by atoms with Crippen molar-refractivity contribution in [3.8, 4) is 0 Å². The van der Waals surface area contributed by atoms with E-state index in [2.05, 4.69) is 25.6 Å². The van der Waals surface area contributed by atoms with Gasteiger partial charge >= 0.3 is 0 Å². The number of pyridine rings is 1. The molecule has 0 bridgehead atoms. The number of benzene rings is 1. The zero-order valence-electron chi connectivity index (χ0n) is 13.2. The van der Waals surface area contributed by atoms with E-state index >= 15 is 0 Å². The highest BCUT2D eigenvalue weighted by Crippen LogP contribution is 2.17. The van der Waals surface area contributed by atoms with Gasteiger partial charge in [0.15, 0.2) is 0 Å². The first kappa shape index (κ1) is 15.6. The highest BCUT2D eigenvalue weighted by molar-refractivity contribution is 5.92. The first-order chi connectivity index (χ1) is 11.7. The fraction of sp³-hybridized carbons (Fsp3) is 0.111. The van der Waals surface area contributed by atoms with E-state index < -0.39 is 0 Å². The Morgan fingerprint density at radius 1 is 1.04 bits per heavy atom. The van der Waals surface area contributed by atoms with E-state index in [1.54, 1.807) is 24.7 Å². The number of rotatable bonds is 5. The molecule has 6 nitrogen and oxygen atoms in total. The van der Waals surface area contributed by atoms with Gasteiger partial charge in [0.25, 0.3) is 5.91 Å². The number of amides is 1. The first-order valence-corrected chi connectivity index (χ1v) is 7.55. The third-order valence-electron chi connectivity index (χ3n) is 3.48. The maximum Gasteiger partial charge on any atom is 0.270 e. The van der Waals surface area contributed by atoms with Crippen LogP contribution in [0.1, 0.15) is 21.6 Å². The van der Waals surface area contributed by atoms with Gasteiger partial charge in [0.2, 0.25) is 5.95 Å². The van der Waals surface area contributed by atoms with E-state index in [9.17, 15) is 4.79 Å². The molecule has 24 heavy (non-hydrogen) atoms. The highest BCUT2D eigenvalue weighted by Gasteiger charge is 2.09. The lowest BCUT2D eigenvalue weighted by Crippen LogP contribution is -2.24. The molecule has 0 aliphatic carbocycles. The molecule has 2 aromatic heterocycles. The summed E-state index contributed by atoms with van der Waals surface area (Å²) in [5.74, 6) is 0.142. The maximum atomic E-state index is 12.2. The van der Waals surface area contributed by atoms with Crippen LogP contribution in [-0.4, -0.2) is 20.9 Å². The molecule has 0 radical (unpaired) electrons. The largest absolute Gasteiger partial charge is 0.347 e. The van der Waals surface area contributed by atoms with Crippen LogP contribution in [0.3, 0.4) is 0 Å². The fourth-order valence-corrected chi connectivity index (χ4v) is 2.15. The monoisotopic (exact) mass is 319 g/mol. The predicted octanol–water partition coefficient (Wildman–Crippen LogP) is 2.85. The Balaban J connectivity index is 1.68. The minimum absolute atomic E-state index is 0.248. The van der Waals surface area contributed by atoms with Crippen LogP contribution in [0.5, 0.6) is 0 Å². The standard InChI is InChI=1S/C18H17N5O/c1-13-4-2-3-5-15(13)22-18-20-11-8-16(23-18)17(24)21-12-14-6-9-19-10-7-14/h2-11H,12H2,1H3,(H,21,24)(H,20,22,23). The third kappa shape index (κ3) is 3.92. The zero-order chi connectivity index (χ0) is 16.8. The summed E-state index contributed by atoms with van der Waals surface area (Å²) in [5, 5.41) is 5.96. The average molecular weight is 319 g/mol. The van der Waals surface area contributed by atoms with Gasteiger partial charge in [-0.05, 0) is 42.3 Å². The number of carbonyl (C=O) groups excluding carboxylic acids is 1. The van der Waals surface area contributed by atoms with Gasteiger partial charge in [-0.1, -0.05) is 18.2 Å². The van der Waals surface area contributed by atoms with E-state index in [0.717, 1.165) is 16.8 Å². The second-order valence-corrected chi connectivity index (χ2v) is 5.24. The Morgan fingerprint density at radius 2 is 1.83 bits per heavy atom. The summed E-state index contributed by atoms with van der Waals surface area (Å²) in [4.78, 5) is 24.6. The number of nitrogens with zero attached hydrogens (tertiary/aromatic N) is 3. The SMILES string of the molecule is Cc1ccccc1Nc1nccc(C(=O)NCc2ccncc2)n1. The van der Waals surface area contributed by atoms with Crippen molar-refractivity contribution >= 4 is 17.5 Å². The molecule has 0 aliphatic rings. The topological polar surface area (TPSA) is 79.8 Å². The van der Waals surface area contributed by atoms with Crippen molar-refractivity contribution in [2.75, 3.05) is 5.32 Å². The molecule has 1 amide bonds. The van der Waals surface area contributed by atoms with Crippen LogP contribution in [0, 0.1) is 6.92 Å². The van der Waals surface area contributed by atoms with Gasteiger partial charge < -0.3 is 10.6 Å². The summed E-state index contributed by atoms with van der Waals surface area (Å²) in [6.07, 6.45) is 4.95. The Hall–Kier alpha value is -3.28. The van der Waals surface area contributed by atoms with Crippen LogP contribution in [0.15, 0.2) is 61.1 Å². The number of aromatic nitrogens is 3. The molecule has 3 aromatic rings. The molecule has 0 atom stereocenters. The van der Waals surface area contributed by atoms with Gasteiger partial charge in [-0.25, -0.2) is 9.97 Å². The average Bonchev–Trinajstić information content (AvgIpc) is 2.63. The van der Waals surface area contributed by atoms with E-state index in [0.29, 0.717) is 18.2 Å². The molecule has 0 saturated carbocycles. The van der Waals surface area contributed by atoms with Crippen molar-refractivity contribution in [3.63, 3.8) is 0 Å². The number of hydrogen-bond acceptors (Lipinski definition) is 5. The second-order valence-electron chi connectivity index (χ2n) is 5.24. The Kier molecular flexibility index (Phi) is 4.76. The molecule has 0 saturated heterocycles. The summed E-state index contributed by atoms with van der Waals surface area (Å²) in [7, 11) is 0. The normalized spacial score (nSPS) is 10.2. The third-order valence-corrected chi connectivity index (χ3v) is 3.48. The van der Waals surface area contributed by atoms with Crippen LogP contribution in [0.25, 0.3) is 0 Å². The number of para-hydroxylation sites is 1. The molecule has 3 rings (SSSR count). The summed E-state index contributed by atoms with van der Waals surface area (Å²) in [5.41, 5.74) is 3.28. The molecular weight excluding hydrogens is 302 g/mol. The van der Waals surface area contributed by atoms with Crippen molar-refractivity contribution < 1.29 is 4.79 Å². The van der Waals surface area contributed by atoms with Crippen molar-refractivity contribution in [1.82, 2.24) is 20.3 Å². The van der Waals surface area contributed by atoms with Crippen LogP contribution in [0.2, 0.25) is 0 Å². The molecule has 2 heterocycles. The molecular formula is C18H17N5O. The summed E-state index contributed by atoms with van der Waals surface area (Å²) in [6.45, 7) is 2.42. The number of hydrogen-bond donors (Lipinski definition) is 2. The first-order valence-electron chi connectivity index (χ1n) is 7.55. The van der Waals surface area contributed by atoms with Gasteiger partial charge in [0.05, 0.1) is 0 Å². The minimum Gasteiger partial charge on any atom is -0.347 e. The molecule has 6 heteroatoms. The van der Waals surface area contributed by atoms with E-state index in [1.165, 1.54) is 0 Å². The Bertz CT molecular complexity index is 836. The summed E-state index contributed by atoms with van der Waals surface area (Å²) in [6, 6.07) is 13.1. The van der Waals surface area contributed by atoms with Gasteiger partial charge in [0, 0.05) is 30.8 Å². The molecule has 0 spiro atoms. The van der Waals surface area contributed by atoms with Crippen molar-refractivity contribution in [2.45, 2.75) is 13.5 Å². The maximum absolute atomic E-state index is 12.2. The van der Waals surface area contributed by atoms with E-state index in [4.69, 9.17) is 0 Å². The summed E-state index contributed by atoms with van der Waals surface area (Å²) >= 11 is 0. The number of aryl methyl sites for hydroxylation is 1.